The first-order chi connectivity index (χ1) is 17.0. The highest BCUT2D eigenvalue weighted by Gasteiger charge is 2.17. The van der Waals surface area contributed by atoms with Gasteiger partial charge in [-0.2, -0.15) is 0 Å². The first-order valence-corrected chi connectivity index (χ1v) is 11.8. The first-order valence-electron chi connectivity index (χ1n) is 11.4. The molecule has 0 unspecified atom stereocenters. The van der Waals surface area contributed by atoms with Gasteiger partial charge < -0.3 is 16.0 Å². The van der Waals surface area contributed by atoms with Gasteiger partial charge >= 0.3 is 0 Å². The lowest BCUT2D eigenvalue weighted by atomic mass is 10.1. The number of carbonyl (C=O) groups excluding carboxylic acids is 2. The van der Waals surface area contributed by atoms with Crippen LogP contribution in [0.4, 0.5) is 11.4 Å². The molecule has 2 aliphatic rings. The molecule has 0 radical (unpaired) electrons. The van der Waals surface area contributed by atoms with Crippen molar-refractivity contribution in [1.82, 2.24) is 16.0 Å². The fourth-order valence-corrected chi connectivity index (χ4v) is 4.37. The fourth-order valence-electron chi connectivity index (χ4n) is 4.13. The number of aliphatic imine (C=N–C) groups is 1. The van der Waals surface area contributed by atoms with Crippen molar-refractivity contribution in [3.63, 3.8) is 0 Å². The predicted octanol–water partition coefficient (Wildman–Crippen LogP) is 3.39. The van der Waals surface area contributed by atoms with Gasteiger partial charge in [0.05, 0.1) is 12.7 Å². The molecule has 8 nitrogen and oxygen atoms in total. The van der Waals surface area contributed by atoms with Crippen molar-refractivity contribution in [3.05, 3.63) is 94.0 Å². The van der Waals surface area contributed by atoms with Gasteiger partial charge in [-0.25, -0.2) is 0 Å². The number of hydrogen-bond acceptors (Lipinski definition) is 6. The molecule has 5 rings (SSSR count). The Bertz CT molecular complexity index is 1300. The molecular weight excluding hydrogens is 464 g/mol. The minimum Gasteiger partial charge on any atom is -0.368 e. The molecule has 2 heterocycles. The van der Waals surface area contributed by atoms with Crippen LogP contribution in [-0.4, -0.2) is 43.8 Å². The van der Waals surface area contributed by atoms with Crippen molar-refractivity contribution in [2.75, 3.05) is 36.8 Å². The van der Waals surface area contributed by atoms with Crippen LogP contribution in [0.1, 0.15) is 38.0 Å². The minimum absolute atomic E-state index is 0.0587. The van der Waals surface area contributed by atoms with Gasteiger partial charge in [0.25, 0.3) is 11.8 Å². The van der Waals surface area contributed by atoms with Crippen molar-refractivity contribution in [2.24, 2.45) is 4.99 Å². The van der Waals surface area contributed by atoms with Crippen LogP contribution in [0.15, 0.2) is 71.7 Å². The number of carbonyl (C=O) groups is 2. The summed E-state index contributed by atoms with van der Waals surface area (Å²) in [7, 11) is 0. The second-order valence-electron chi connectivity index (χ2n) is 8.34. The van der Waals surface area contributed by atoms with Crippen LogP contribution in [0.5, 0.6) is 0 Å². The summed E-state index contributed by atoms with van der Waals surface area (Å²) in [6.45, 7) is 3.32. The molecule has 2 aliphatic heterocycles. The fraction of sp³-hybridized carbons (Fsp3) is 0.192. The first kappa shape index (κ1) is 23.0. The second-order valence-corrected chi connectivity index (χ2v) is 8.78. The Hall–Kier alpha value is -3.72. The van der Waals surface area contributed by atoms with Crippen molar-refractivity contribution >= 4 is 40.6 Å². The zero-order valence-corrected chi connectivity index (χ0v) is 19.7. The van der Waals surface area contributed by atoms with Gasteiger partial charge in [0.15, 0.2) is 0 Å². The van der Waals surface area contributed by atoms with E-state index >= 15 is 0 Å². The quantitative estimate of drug-likeness (QED) is 0.365. The number of amidine groups is 1. The highest BCUT2D eigenvalue weighted by molar-refractivity contribution is 6.31. The van der Waals surface area contributed by atoms with Crippen LogP contribution < -0.4 is 26.6 Å². The maximum atomic E-state index is 13.0. The van der Waals surface area contributed by atoms with Crippen LogP contribution >= 0.6 is 11.6 Å². The Morgan fingerprint density at radius 1 is 0.829 bits per heavy atom. The molecule has 0 aliphatic carbocycles. The Labute approximate surface area is 208 Å². The van der Waals surface area contributed by atoms with E-state index in [1.165, 1.54) is 12.1 Å². The average molecular weight is 489 g/mol. The summed E-state index contributed by atoms with van der Waals surface area (Å²) in [4.78, 5) is 30.3. The summed E-state index contributed by atoms with van der Waals surface area (Å²) in [5.74, 6) is 0.102. The van der Waals surface area contributed by atoms with E-state index in [4.69, 9.17) is 11.6 Å². The van der Waals surface area contributed by atoms with E-state index in [9.17, 15) is 9.59 Å². The molecule has 178 valence electrons. The topological polar surface area (TPSA) is 107 Å². The number of hydrogen-bond donors (Lipinski definition) is 5. The average Bonchev–Trinajstić information content (AvgIpc) is 3.59. The largest absolute Gasteiger partial charge is 0.368 e. The van der Waals surface area contributed by atoms with Gasteiger partial charge in [-0.1, -0.05) is 35.9 Å². The third-order valence-corrected chi connectivity index (χ3v) is 6.01. The number of rotatable bonds is 6. The molecule has 0 spiro atoms. The lowest BCUT2D eigenvalue weighted by molar-refractivity contribution is 0.102. The standard InChI is InChI=1S/C26H25ClN6O2/c27-20-12-18(25(34)32-21-5-1-3-16(14-21)23-28-7-8-29-23)11-19(13-20)26(35)33-22-6-2-4-17(15-22)24-30-9-10-31-24/h1-6,11-15,23,28-29H,7-10H2,(H,30,31)(H,32,34)(H,33,35). The van der Waals surface area contributed by atoms with Crippen molar-refractivity contribution in [2.45, 2.75) is 6.17 Å². The number of nitrogens with zero attached hydrogens (tertiary/aromatic N) is 1. The number of halogens is 1. The zero-order chi connectivity index (χ0) is 24.2. The molecule has 3 aromatic rings. The molecule has 0 atom stereocenters. The molecule has 1 fully saturated rings. The highest BCUT2D eigenvalue weighted by atomic mass is 35.5. The molecule has 0 aromatic heterocycles. The van der Waals surface area contributed by atoms with Gasteiger partial charge in [-0.15, -0.1) is 0 Å². The Kier molecular flexibility index (Phi) is 6.76. The molecule has 2 amide bonds. The molecule has 5 N–H and O–H groups in total. The normalized spacial score (nSPS) is 15.4. The van der Waals surface area contributed by atoms with Crippen LogP contribution in [0.2, 0.25) is 5.02 Å². The van der Waals surface area contributed by atoms with Gasteiger partial charge in [-0.05, 0) is 48.0 Å². The molecule has 35 heavy (non-hydrogen) atoms. The van der Waals surface area contributed by atoms with Gasteiger partial charge in [0.1, 0.15) is 5.84 Å². The molecule has 0 bridgehead atoms. The monoisotopic (exact) mass is 488 g/mol. The van der Waals surface area contributed by atoms with Gasteiger partial charge in [0.2, 0.25) is 0 Å². The summed E-state index contributed by atoms with van der Waals surface area (Å²) in [5.41, 5.74) is 3.81. The lowest BCUT2D eigenvalue weighted by Crippen LogP contribution is -2.21. The molecule has 1 saturated heterocycles. The van der Waals surface area contributed by atoms with Crippen LogP contribution in [-0.2, 0) is 0 Å². The number of benzene rings is 3. The maximum absolute atomic E-state index is 13.0. The summed E-state index contributed by atoms with van der Waals surface area (Å²) in [6.07, 6.45) is 0.0587. The van der Waals surface area contributed by atoms with E-state index in [2.05, 4.69) is 31.6 Å². The summed E-state index contributed by atoms with van der Waals surface area (Å²) < 4.78 is 0. The minimum atomic E-state index is -0.361. The van der Waals surface area contributed by atoms with Crippen LogP contribution in [0.25, 0.3) is 0 Å². The lowest BCUT2D eigenvalue weighted by Gasteiger charge is -2.13. The van der Waals surface area contributed by atoms with E-state index < -0.39 is 0 Å². The van der Waals surface area contributed by atoms with E-state index in [-0.39, 0.29) is 23.5 Å². The number of amides is 2. The highest BCUT2D eigenvalue weighted by Crippen LogP contribution is 2.21. The summed E-state index contributed by atoms with van der Waals surface area (Å²) >= 11 is 6.27. The summed E-state index contributed by atoms with van der Waals surface area (Å²) in [5, 5.41) is 16.0. The molecule has 3 aromatic carbocycles. The third kappa shape index (κ3) is 5.51. The van der Waals surface area contributed by atoms with Crippen molar-refractivity contribution in [1.29, 1.82) is 0 Å². The molecule has 9 heteroatoms. The Balaban J connectivity index is 1.30. The third-order valence-electron chi connectivity index (χ3n) is 5.79. The molecule has 0 saturated carbocycles. The predicted molar refractivity (Wildman–Crippen MR) is 138 cm³/mol. The zero-order valence-electron chi connectivity index (χ0n) is 18.9. The van der Waals surface area contributed by atoms with E-state index in [1.807, 2.05) is 42.5 Å². The van der Waals surface area contributed by atoms with Crippen molar-refractivity contribution in [3.8, 4) is 0 Å². The molecular formula is C26H25ClN6O2. The SMILES string of the molecule is O=C(Nc1cccc(C2=NCCN2)c1)c1cc(Cl)cc(C(=O)Nc2cccc(C3NCCN3)c2)c1. The van der Waals surface area contributed by atoms with Gasteiger partial charge in [-0.3, -0.25) is 25.2 Å². The van der Waals surface area contributed by atoms with Crippen molar-refractivity contribution < 1.29 is 9.59 Å². The van der Waals surface area contributed by atoms with Gasteiger partial charge in [0, 0.05) is 52.7 Å². The number of nitrogens with one attached hydrogen (secondary N) is 5. The number of anilines is 2. The van der Waals surface area contributed by atoms with Crippen LogP contribution in [0.3, 0.4) is 0 Å². The smallest absolute Gasteiger partial charge is 0.255 e. The van der Waals surface area contributed by atoms with Crippen LogP contribution in [0, 0.1) is 0 Å². The van der Waals surface area contributed by atoms with E-state index in [0.717, 1.165) is 43.1 Å². The maximum Gasteiger partial charge on any atom is 0.255 e. The Morgan fingerprint density at radius 2 is 1.49 bits per heavy atom. The summed E-state index contributed by atoms with van der Waals surface area (Å²) in [6, 6.07) is 19.7. The van der Waals surface area contributed by atoms with E-state index in [1.54, 1.807) is 12.1 Å². The second kappa shape index (κ2) is 10.3. The van der Waals surface area contributed by atoms with E-state index in [0.29, 0.717) is 22.0 Å². The Morgan fingerprint density at radius 3 is 2.14 bits per heavy atom.